The van der Waals surface area contributed by atoms with Gasteiger partial charge in [-0.2, -0.15) is 26.3 Å². The molecule has 0 bridgehead atoms. The van der Waals surface area contributed by atoms with Gasteiger partial charge in [-0.25, -0.2) is 0 Å². The maximum Gasteiger partial charge on any atom is 0.422 e. The fourth-order valence-corrected chi connectivity index (χ4v) is 4.42. The molecule has 3 nitrogen and oxygen atoms in total. The molecule has 0 aromatic heterocycles. The highest BCUT2D eigenvalue weighted by molar-refractivity contribution is 6.33. The number of halogens is 7. The third-order valence-corrected chi connectivity index (χ3v) is 5.92. The van der Waals surface area contributed by atoms with Gasteiger partial charge < -0.3 is 9.47 Å². The molecular formula is C23H21ClF6O3. The minimum atomic E-state index is -4.66. The van der Waals surface area contributed by atoms with Crippen LogP contribution in [0.3, 0.4) is 0 Å². The summed E-state index contributed by atoms with van der Waals surface area (Å²) < 4.78 is 87.7. The van der Waals surface area contributed by atoms with Gasteiger partial charge in [0.1, 0.15) is 5.75 Å². The van der Waals surface area contributed by atoms with E-state index in [1.54, 1.807) is 6.92 Å². The number of ether oxygens (including phenoxy) is 2. The van der Waals surface area contributed by atoms with Crippen molar-refractivity contribution in [3.63, 3.8) is 0 Å². The number of rotatable bonds is 6. The molecule has 1 fully saturated rings. The number of benzene rings is 2. The third-order valence-electron chi connectivity index (χ3n) is 5.62. The van der Waals surface area contributed by atoms with Crippen LogP contribution in [0.5, 0.6) is 5.75 Å². The van der Waals surface area contributed by atoms with Crippen LogP contribution in [0.15, 0.2) is 36.4 Å². The molecule has 2 aromatic carbocycles. The zero-order valence-electron chi connectivity index (χ0n) is 17.6. The van der Waals surface area contributed by atoms with Crippen LogP contribution in [0.4, 0.5) is 26.3 Å². The van der Waals surface area contributed by atoms with Gasteiger partial charge in [-0.3, -0.25) is 4.79 Å². The Hall–Kier alpha value is -2.42. The van der Waals surface area contributed by atoms with E-state index in [0.717, 1.165) is 37.1 Å². The molecule has 180 valence electrons. The summed E-state index contributed by atoms with van der Waals surface area (Å²) in [6.07, 6.45) is -6.94. The average Bonchev–Trinajstić information content (AvgIpc) is 3.22. The van der Waals surface area contributed by atoms with Crippen molar-refractivity contribution in [1.82, 2.24) is 0 Å². The predicted octanol–water partition coefficient (Wildman–Crippen LogP) is 7.34. The van der Waals surface area contributed by atoms with E-state index >= 15 is 0 Å². The van der Waals surface area contributed by atoms with Gasteiger partial charge >= 0.3 is 18.3 Å². The fraction of sp³-hybridized carbons (Fsp3) is 0.435. The van der Waals surface area contributed by atoms with E-state index in [-0.39, 0.29) is 28.5 Å². The third kappa shape index (κ3) is 5.57. The van der Waals surface area contributed by atoms with Gasteiger partial charge in [0.2, 0.25) is 0 Å². The maximum absolute atomic E-state index is 12.9. The number of carbonyl (C=O) groups is 1. The van der Waals surface area contributed by atoms with Crippen molar-refractivity contribution in [3.05, 3.63) is 52.5 Å². The zero-order valence-corrected chi connectivity index (χ0v) is 18.3. The van der Waals surface area contributed by atoms with E-state index < -0.39 is 35.9 Å². The lowest BCUT2D eigenvalue weighted by Gasteiger charge is -2.28. The van der Waals surface area contributed by atoms with E-state index in [4.69, 9.17) is 21.1 Å². The van der Waals surface area contributed by atoms with Crippen LogP contribution >= 0.6 is 11.6 Å². The molecule has 2 aromatic rings. The van der Waals surface area contributed by atoms with Crippen molar-refractivity contribution in [2.45, 2.75) is 50.4 Å². The Bertz CT molecular complexity index is 993. The van der Waals surface area contributed by atoms with Crippen molar-refractivity contribution >= 4 is 17.6 Å². The lowest BCUT2D eigenvalue weighted by Crippen LogP contribution is -2.35. The summed E-state index contributed by atoms with van der Waals surface area (Å²) in [6.45, 7) is 0.154. The Labute approximate surface area is 191 Å². The number of esters is 1. The van der Waals surface area contributed by atoms with Gasteiger partial charge in [0.15, 0.2) is 6.61 Å². The van der Waals surface area contributed by atoms with Crippen LogP contribution in [0.1, 0.15) is 43.7 Å². The topological polar surface area (TPSA) is 35.5 Å². The minimum absolute atomic E-state index is 0.00963. The summed E-state index contributed by atoms with van der Waals surface area (Å²) >= 11 is 6.44. The first-order valence-electron chi connectivity index (χ1n) is 10.3. The molecule has 0 atom stereocenters. The van der Waals surface area contributed by atoms with Gasteiger partial charge in [0, 0.05) is 5.56 Å². The first-order chi connectivity index (χ1) is 15.4. The van der Waals surface area contributed by atoms with Crippen molar-refractivity contribution in [2.75, 3.05) is 13.2 Å². The SMILES string of the molecule is CCOC(=O)C1(c2cc(Cl)c(-c3ccc(C(F)(F)F)cc3)c(OCC(F)(F)F)c2)CCCC1. The Morgan fingerprint density at radius 2 is 1.64 bits per heavy atom. The molecule has 10 heteroatoms. The second-order valence-corrected chi connectivity index (χ2v) is 8.23. The van der Waals surface area contributed by atoms with Crippen molar-refractivity contribution in [1.29, 1.82) is 0 Å². The van der Waals surface area contributed by atoms with Crippen LogP contribution < -0.4 is 4.74 Å². The molecule has 0 aliphatic heterocycles. The Kier molecular flexibility index (Phi) is 7.21. The first-order valence-corrected chi connectivity index (χ1v) is 10.6. The van der Waals surface area contributed by atoms with E-state index in [0.29, 0.717) is 18.4 Å². The molecule has 0 spiro atoms. The lowest BCUT2D eigenvalue weighted by molar-refractivity contribution is -0.153. The highest BCUT2D eigenvalue weighted by atomic mass is 35.5. The monoisotopic (exact) mass is 494 g/mol. The number of hydrogen-bond donors (Lipinski definition) is 0. The van der Waals surface area contributed by atoms with Crippen molar-refractivity contribution < 1.29 is 40.6 Å². The highest BCUT2D eigenvalue weighted by Crippen LogP contribution is 2.47. The molecule has 0 amide bonds. The normalized spacial score (nSPS) is 16.0. The second kappa shape index (κ2) is 9.44. The van der Waals surface area contributed by atoms with Crippen molar-refractivity contribution in [2.24, 2.45) is 0 Å². The van der Waals surface area contributed by atoms with Gasteiger partial charge in [-0.15, -0.1) is 0 Å². The van der Waals surface area contributed by atoms with E-state index in [1.165, 1.54) is 12.1 Å². The number of alkyl halides is 6. The van der Waals surface area contributed by atoms with Gasteiger partial charge in [-0.05, 0) is 55.2 Å². The second-order valence-electron chi connectivity index (χ2n) is 7.82. The highest BCUT2D eigenvalue weighted by Gasteiger charge is 2.45. The smallest absolute Gasteiger partial charge is 0.422 e. The molecule has 33 heavy (non-hydrogen) atoms. The van der Waals surface area contributed by atoms with Gasteiger partial charge in [-0.1, -0.05) is 36.6 Å². The van der Waals surface area contributed by atoms with Gasteiger partial charge in [0.25, 0.3) is 0 Å². The van der Waals surface area contributed by atoms with E-state index in [1.807, 2.05) is 0 Å². The van der Waals surface area contributed by atoms with Crippen LogP contribution in [-0.4, -0.2) is 25.4 Å². The lowest BCUT2D eigenvalue weighted by atomic mass is 9.78. The summed E-state index contributed by atoms with van der Waals surface area (Å²) in [5.74, 6) is -0.771. The summed E-state index contributed by atoms with van der Waals surface area (Å²) in [7, 11) is 0. The minimum Gasteiger partial charge on any atom is -0.483 e. The zero-order chi connectivity index (χ0) is 24.4. The maximum atomic E-state index is 12.9. The predicted molar refractivity (Wildman–Crippen MR) is 110 cm³/mol. The van der Waals surface area contributed by atoms with Crippen LogP contribution in [0, 0.1) is 0 Å². The quantitative estimate of drug-likeness (QED) is 0.311. The molecule has 0 radical (unpaired) electrons. The average molecular weight is 495 g/mol. The molecule has 0 unspecified atom stereocenters. The standard InChI is InChI=1S/C23H21ClF6O3/c1-2-32-20(31)21(9-3-4-10-21)16-11-17(24)19(18(12-16)33-13-22(25,26)27)14-5-7-15(8-6-14)23(28,29)30/h5-8,11-12H,2-4,9-10,13H2,1H3. The molecule has 1 aliphatic carbocycles. The molecule has 0 heterocycles. The fourth-order valence-electron chi connectivity index (χ4n) is 4.10. The van der Waals surface area contributed by atoms with Gasteiger partial charge in [0.05, 0.1) is 22.6 Å². The summed E-state index contributed by atoms with van der Waals surface area (Å²) in [5, 5.41) is -0.0417. The van der Waals surface area contributed by atoms with Crippen molar-refractivity contribution in [3.8, 4) is 16.9 Å². The summed E-state index contributed by atoms with van der Waals surface area (Å²) in [5.41, 5.74) is -1.47. The molecule has 1 aliphatic rings. The molecule has 1 saturated carbocycles. The first kappa shape index (κ1) is 25.2. The van der Waals surface area contributed by atoms with Crippen LogP contribution in [-0.2, 0) is 21.1 Å². The summed E-state index contributed by atoms with van der Waals surface area (Å²) in [4.78, 5) is 12.8. The molecule has 3 rings (SSSR count). The Morgan fingerprint density at radius 1 is 1.03 bits per heavy atom. The number of carbonyl (C=O) groups excluding carboxylic acids is 1. The molecule has 0 N–H and O–H groups in total. The Balaban J connectivity index is 2.13. The largest absolute Gasteiger partial charge is 0.483 e. The van der Waals surface area contributed by atoms with Crippen LogP contribution in [0.2, 0.25) is 5.02 Å². The Morgan fingerprint density at radius 3 is 2.15 bits per heavy atom. The molecular weight excluding hydrogens is 474 g/mol. The number of hydrogen-bond acceptors (Lipinski definition) is 3. The van der Waals surface area contributed by atoms with E-state index in [9.17, 15) is 31.1 Å². The van der Waals surface area contributed by atoms with Crippen LogP contribution in [0.25, 0.3) is 11.1 Å². The molecule has 0 saturated heterocycles. The van der Waals surface area contributed by atoms with E-state index in [2.05, 4.69) is 0 Å². The summed E-state index contributed by atoms with van der Waals surface area (Å²) in [6, 6.07) is 6.61.